The van der Waals surface area contributed by atoms with Gasteiger partial charge in [0.25, 0.3) is 0 Å². The molecule has 0 amide bonds. The molecule has 1 unspecified atom stereocenters. The van der Waals surface area contributed by atoms with Crippen molar-refractivity contribution in [2.45, 2.75) is 32.2 Å². The van der Waals surface area contributed by atoms with Crippen LogP contribution in [0, 0.1) is 6.92 Å². The molecule has 0 saturated carbocycles. The van der Waals surface area contributed by atoms with Crippen molar-refractivity contribution in [1.29, 1.82) is 0 Å². The van der Waals surface area contributed by atoms with E-state index in [0.29, 0.717) is 6.04 Å². The van der Waals surface area contributed by atoms with Gasteiger partial charge in [-0.2, -0.15) is 0 Å². The van der Waals surface area contributed by atoms with Crippen LogP contribution in [0.2, 0.25) is 0 Å². The Morgan fingerprint density at radius 2 is 2.11 bits per heavy atom. The Labute approximate surface area is 113 Å². The Kier molecular flexibility index (Phi) is 3.60. The van der Waals surface area contributed by atoms with E-state index in [0.717, 1.165) is 31.2 Å². The minimum atomic E-state index is 0.502. The highest BCUT2D eigenvalue weighted by Crippen LogP contribution is 2.21. The molecule has 2 heterocycles. The van der Waals surface area contributed by atoms with Gasteiger partial charge in [-0.3, -0.25) is 0 Å². The van der Waals surface area contributed by atoms with Gasteiger partial charge in [-0.15, -0.1) is 10.2 Å². The summed E-state index contributed by atoms with van der Waals surface area (Å²) in [6.45, 7) is 4.21. The highest BCUT2D eigenvalue weighted by atomic mass is 15.3. The molecule has 4 heteroatoms. The van der Waals surface area contributed by atoms with Crippen molar-refractivity contribution in [2.75, 3.05) is 13.1 Å². The Balaban J connectivity index is 1.85. The third-order valence-corrected chi connectivity index (χ3v) is 3.78. The lowest BCUT2D eigenvalue weighted by molar-refractivity contribution is 0.359. The molecule has 0 spiro atoms. The van der Waals surface area contributed by atoms with Crippen LogP contribution in [0.1, 0.15) is 36.1 Å². The highest BCUT2D eigenvalue weighted by Gasteiger charge is 2.20. The molecule has 0 aliphatic carbocycles. The molecule has 1 aliphatic rings. The molecule has 1 atom stereocenters. The first kappa shape index (κ1) is 12.4. The fraction of sp³-hybridized carbons (Fsp3) is 0.467. The lowest BCUT2D eigenvalue weighted by Gasteiger charge is -2.26. The molecule has 1 aromatic heterocycles. The van der Waals surface area contributed by atoms with Crippen molar-refractivity contribution in [3.8, 4) is 0 Å². The second kappa shape index (κ2) is 5.53. The van der Waals surface area contributed by atoms with Crippen LogP contribution in [-0.4, -0.2) is 27.9 Å². The van der Waals surface area contributed by atoms with Gasteiger partial charge < -0.3 is 9.88 Å². The minimum absolute atomic E-state index is 0.502. The summed E-state index contributed by atoms with van der Waals surface area (Å²) in [6.07, 6.45) is 3.30. The van der Waals surface area contributed by atoms with Crippen LogP contribution >= 0.6 is 0 Å². The average Bonchev–Trinajstić information content (AvgIpc) is 2.82. The molecule has 1 saturated heterocycles. The van der Waals surface area contributed by atoms with E-state index < -0.39 is 0 Å². The maximum Gasteiger partial charge on any atom is 0.137 e. The van der Waals surface area contributed by atoms with Gasteiger partial charge in [0, 0.05) is 19.0 Å². The highest BCUT2D eigenvalue weighted by molar-refractivity contribution is 5.19. The van der Waals surface area contributed by atoms with Gasteiger partial charge in [-0.25, -0.2) is 0 Å². The van der Waals surface area contributed by atoms with Gasteiger partial charge in [0.2, 0.25) is 0 Å². The van der Waals surface area contributed by atoms with Crippen LogP contribution in [0.3, 0.4) is 0 Å². The normalized spacial score (nSPS) is 19.5. The van der Waals surface area contributed by atoms with Crippen LogP contribution < -0.4 is 5.32 Å². The average molecular weight is 256 g/mol. The molecule has 1 aliphatic heterocycles. The molecule has 1 fully saturated rings. The molecule has 2 aromatic rings. The van der Waals surface area contributed by atoms with Gasteiger partial charge in [0.1, 0.15) is 11.6 Å². The van der Waals surface area contributed by atoms with Crippen LogP contribution in [0.5, 0.6) is 0 Å². The second-order valence-electron chi connectivity index (χ2n) is 5.20. The third-order valence-electron chi connectivity index (χ3n) is 3.78. The fourth-order valence-corrected chi connectivity index (χ4v) is 2.84. The van der Waals surface area contributed by atoms with Crippen LogP contribution in [0.4, 0.5) is 0 Å². The Morgan fingerprint density at radius 3 is 2.84 bits per heavy atom. The van der Waals surface area contributed by atoms with Crippen molar-refractivity contribution in [2.24, 2.45) is 0 Å². The number of aromatic nitrogens is 3. The topological polar surface area (TPSA) is 42.7 Å². The number of rotatable bonds is 3. The zero-order chi connectivity index (χ0) is 13.1. The van der Waals surface area contributed by atoms with Crippen molar-refractivity contribution in [3.05, 3.63) is 47.5 Å². The van der Waals surface area contributed by atoms with E-state index in [2.05, 4.69) is 51.3 Å². The molecule has 0 bridgehead atoms. The van der Waals surface area contributed by atoms with Gasteiger partial charge in [0.15, 0.2) is 0 Å². The summed E-state index contributed by atoms with van der Waals surface area (Å²) < 4.78 is 2.32. The number of hydrogen-bond donors (Lipinski definition) is 1. The number of piperidine rings is 1. The molecule has 100 valence electrons. The predicted octanol–water partition coefficient (Wildman–Crippen LogP) is 2.10. The maximum atomic E-state index is 4.37. The monoisotopic (exact) mass is 256 g/mol. The van der Waals surface area contributed by atoms with Crippen molar-refractivity contribution in [1.82, 2.24) is 20.1 Å². The first-order valence-electron chi connectivity index (χ1n) is 6.99. The van der Waals surface area contributed by atoms with E-state index in [9.17, 15) is 0 Å². The summed E-state index contributed by atoms with van der Waals surface area (Å²) in [6, 6.07) is 11.0. The van der Waals surface area contributed by atoms with E-state index in [1.165, 1.54) is 18.4 Å². The zero-order valence-electron chi connectivity index (χ0n) is 11.3. The molecule has 3 rings (SSSR count). The summed E-state index contributed by atoms with van der Waals surface area (Å²) in [4.78, 5) is 0. The number of nitrogens with one attached hydrogen (secondary N) is 1. The SMILES string of the molecule is Cc1nnc(Cc2ccccc2)n1C1CCCNC1. The summed E-state index contributed by atoms with van der Waals surface area (Å²) in [5.74, 6) is 2.11. The van der Waals surface area contributed by atoms with Crippen LogP contribution in [-0.2, 0) is 6.42 Å². The van der Waals surface area contributed by atoms with Gasteiger partial charge in [0.05, 0.1) is 0 Å². The van der Waals surface area contributed by atoms with Crippen LogP contribution in [0.15, 0.2) is 30.3 Å². The Morgan fingerprint density at radius 1 is 1.26 bits per heavy atom. The number of aryl methyl sites for hydroxylation is 1. The van der Waals surface area contributed by atoms with E-state index in [4.69, 9.17) is 0 Å². The summed E-state index contributed by atoms with van der Waals surface area (Å²) in [7, 11) is 0. The van der Waals surface area contributed by atoms with Crippen molar-refractivity contribution >= 4 is 0 Å². The number of benzene rings is 1. The predicted molar refractivity (Wildman–Crippen MR) is 75.1 cm³/mol. The van der Waals surface area contributed by atoms with Gasteiger partial charge in [-0.05, 0) is 31.9 Å². The second-order valence-corrected chi connectivity index (χ2v) is 5.20. The molecular weight excluding hydrogens is 236 g/mol. The number of nitrogens with zero attached hydrogens (tertiary/aromatic N) is 3. The van der Waals surface area contributed by atoms with E-state index in [1.54, 1.807) is 0 Å². The van der Waals surface area contributed by atoms with E-state index in [1.807, 2.05) is 6.07 Å². The fourth-order valence-electron chi connectivity index (χ4n) is 2.84. The third kappa shape index (κ3) is 2.68. The standard InChI is InChI=1S/C15H20N4/c1-12-17-18-15(10-13-6-3-2-4-7-13)19(12)14-8-5-9-16-11-14/h2-4,6-7,14,16H,5,8-11H2,1H3. The molecule has 1 N–H and O–H groups in total. The molecular formula is C15H20N4. The van der Waals surface area contributed by atoms with E-state index >= 15 is 0 Å². The van der Waals surface area contributed by atoms with Crippen molar-refractivity contribution in [3.63, 3.8) is 0 Å². The summed E-state index contributed by atoms with van der Waals surface area (Å²) in [5, 5.41) is 12.1. The van der Waals surface area contributed by atoms with Crippen molar-refractivity contribution < 1.29 is 0 Å². The molecule has 1 aromatic carbocycles. The minimum Gasteiger partial charge on any atom is -0.315 e. The smallest absolute Gasteiger partial charge is 0.137 e. The molecule has 0 radical (unpaired) electrons. The van der Waals surface area contributed by atoms with Gasteiger partial charge in [-0.1, -0.05) is 30.3 Å². The Hall–Kier alpha value is -1.68. The quantitative estimate of drug-likeness (QED) is 0.914. The summed E-state index contributed by atoms with van der Waals surface area (Å²) >= 11 is 0. The van der Waals surface area contributed by atoms with Crippen LogP contribution in [0.25, 0.3) is 0 Å². The first-order valence-corrected chi connectivity index (χ1v) is 6.99. The summed E-state index contributed by atoms with van der Waals surface area (Å²) in [5.41, 5.74) is 1.29. The first-order chi connectivity index (χ1) is 9.34. The lowest BCUT2D eigenvalue weighted by atomic mass is 10.1. The number of hydrogen-bond acceptors (Lipinski definition) is 3. The zero-order valence-corrected chi connectivity index (χ0v) is 11.3. The lowest BCUT2D eigenvalue weighted by Crippen LogP contribution is -2.32. The Bertz CT molecular complexity index is 526. The van der Waals surface area contributed by atoms with E-state index in [-0.39, 0.29) is 0 Å². The molecule has 19 heavy (non-hydrogen) atoms. The largest absolute Gasteiger partial charge is 0.315 e. The maximum absolute atomic E-state index is 4.37. The molecule has 4 nitrogen and oxygen atoms in total. The van der Waals surface area contributed by atoms with Gasteiger partial charge >= 0.3 is 0 Å².